The van der Waals surface area contributed by atoms with Gasteiger partial charge in [-0.3, -0.25) is 0 Å². The first kappa shape index (κ1) is 11.3. The Labute approximate surface area is 104 Å². The van der Waals surface area contributed by atoms with Crippen LogP contribution in [0.25, 0.3) is 0 Å². The number of rotatable bonds is 3. The molecule has 3 heteroatoms. The molecule has 0 radical (unpaired) electrons. The summed E-state index contributed by atoms with van der Waals surface area (Å²) in [6.45, 7) is 2.08. The van der Waals surface area contributed by atoms with Crippen LogP contribution in [0.3, 0.4) is 0 Å². The second-order valence-corrected chi connectivity index (χ2v) is 5.89. The number of hydrogen-bond acceptors (Lipinski definition) is 2. The van der Waals surface area contributed by atoms with Crippen LogP contribution in [-0.2, 0) is 7.05 Å². The molecular formula is C14H23N3. The Balaban J connectivity index is 1.86. The number of imidazole rings is 1. The molecule has 4 atom stereocenters. The van der Waals surface area contributed by atoms with E-state index in [1.54, 1.807) is 0 Å². The molecule has 2 aliphatic carbocycles. The molecule has 0 amide bonds. The van der Waals surface area contributed by atoms with Crippen LogP contribution >= 0.6 is 0 Å². The van der Waals surface area contributed by atoms with Gasteiger partial charge in [0.2, 0.25) is 0 Å². The average molecular weight is 233 g/mol. The van der Waals surface area contributed by atoms with Gasteiger partial charge in [-0.25, -0.2) is 4.98 Å². The Kier molecular flexibility index (Phi) is 2.74. The summed E-state index contributed by atoms with van der Waals surface area (Å²) in [5.41, 5.74) is 1.36. The van der Waals surface area contributed by atoms with Crippen molar-refractivity contribution in [2.24, 2.45) is 24.8 Å². The Morgan fingerprint density at radius 2 is 2.24 bits per heavy atom. The van der Waals surface area contributed by atoms with Crippen molar-refractivity contribution in [3.8, 4) is 0 Å². The third kappa shape index (κ3) is 1.71. The van der Waals surface area contributed by atoms with Crippen LogP contribution in [0, 0.1) is 24.7 Å². The largest absolute Gasteiger partial charge is 0.334 e. The second-order valence-electron chi connectivity index (χ2n) is 5.89. The molecule has 1 N–H and O–H groups in total. The highest BCUT2D eigenvalue weighted by Crippen LogP contribution is 2.52. The van der Waals surface area contributed by atoms with Gasteiger partial charge in [-0.2, -0.15) is 0 Å². The van der Waals surface area contributed by atoms with Crippen LogP contribution < -0.4 is 5.32 Å². The minimum Gasteiger partial charge on any atom is -0.334 e. The summed E-state index contributed by atoms with van der Waals surface area (Å²) in [6, 6.07) is 0.497. The first-order chi connectivity index (χ1) is 8.20. The van der Waals surface area contributed by atoms with E-state index in [0.29, 0.717) is 6.04 Å². The summed E-state index contributed by atoms with van der Waals surface area (Å²) in [7, 11) is 4.23. The number of fused-ring (bicyclic) bond motifs is 2. The van der Waals surface area contributed by atoms with Crippen molar-refractivity contribution in [1.29, 1.82) is 0 Å². The molecule has 2 saturated carbocycles. The van der Waals surface area contributed by atoms with E-state index >= 15 is 0 Å². The molecular weight excluding hydrogens is 210 g/mol. The highest BCUT2D eigenvalue weighted by atomic mass is 15.1. The standard InChI is InChI=1S/C14H23N3/c1-9-16-8-13(17(9)3)14(15-2)12-7-10-4-5-11(12)6-10/h8,10-12,14-15H,4-7H2,1-3H3. The van der Waals surface area contributed by atoms with Crippen molar-refractivity contribution in [3.05, 3.63) is 17.7 Å². The Morgan fingerprint density at radius 3 is 2.71 bits per heavy atom. The molecule has 2 bridgehead atoms. The lowest BCUT2D eigenvalue weighted by Crippen LogP contribution is -2.30. The van der Waals surface area contributed by atoms with Crippen LogP contribution in [0.4, 0.5) is 0 Å². The van der Waals surface area contributed by atoms with Gasteiger partial charge in [-0.1, -0.05) is 6.42 Å². The summed E-state index contributed by atoms with van der Waals surface area (Å²) in [4.78, 5) is 4.44. The lowest BCUT2D eigenvalue weighted by molar-refractivity contribution is 0.253. The maximum atomic E-state index is 4.44. The highest BCUT2D eigenvalue weighted by molar-refractivity contribution is 5.13. The fourth-order valence-corrected chi connectivity index (χ4v) is 4.09. The summed E-state index contributed by atoms with van der Waals surface area (Å²) < 4.78 is 2.24. The molecule has 3 nitrogen and oxygen atoms in total. The second kappa shape index (κ2) is 4.13. The fraction of sp³-hybridized carbons (Fsp3) is 0.786. The Morgan fingerprint density at radius 1 is 1.41 bits per heavy atom. The van der Waals surface area contributed by atoms with E-state index in [1.165, 1.54) is 31.4 Å². The Hall–Kier alpha value is -0.830. The minimum absolute atomic E-state index is 0.497. The molecule has 0 spiro atoms. The number of nitrogens with one attached hydrogen (secondary N) is 1. The molecule has 1 heterocycles. The summed E-state index contributed by atoms with van der Waals surface area (Å²) in [5.74, 6) is 3.90. The SMILES string of the molecule is CNC(c1cnc(C)n1C)C1CC2CCC1C2. The van der Waals surface area contributed by atoms with E-state index in [2.05, 4.69) is 42.1 Å². The number of aromatic nitrogens is 2. The molecule has 3 rings (SSSR count). The van der Waals surface area contributed by atoms with Gasteiger partial charge in [0.1, 0.15) is 5.82 Å². The molecule has 0 saturated heterocycles. The zero-order valence-corrected chi connectivity index (χ0v) is 11.1. The summed E-state index contributed by atoms with van der Waals surface area (Å²) in [5, 5.41) is 3.54. The molecule has 94 valence electrons. The molecule has 17 heavy (non-hydrogen) atoms. The van der Waals surface area contributed by atoms with Crippen LogP contribution in [0.5, 0.6) is 0 Å². The quantitative estimate of drug-likeness (QED) is 0.869. The fourth-order valence-electron chi connectivity index (χ4n) is 4.09. The molecule has 1 aromatic rings. The molecule has 4 unspecified atom stereocenters. The number of nitrogens with zero attached hydrogens (tertiary/aromatic N) is 2. The predicted octanol–water partition coefficient (Wildman–Crippen LogP) is 2.43. The molecule has 0 aliphatic heterocycles. The summed E-state index contributed by atoms with van der Waals surface area (Å²) >= 11 is 0. The normalized spacial score (nSPS) is 33.2. The smallest absolute Gasteiger partial charge is 0.105 e. The highest BCUT2D eigenvalue weighted by Gasteiger charge is 2.43. The minimum atomic E-state index is 0.497. The molecule has 1 aromatic heterocycles. The van der Waals surface area contributed by atoms with Gasteiger partial charge in [-0.05, 0) is 51.0 Å². The third-order valence-electron chi connectivity index (χ3n) is 5.11. The zero-order valence-electron chi connectivity index (χ0n) is 11.1. The first-order valence-electron chi connectivity index (χ1n) is 6.86. The first-order valence-corrected chi connectivity index (χ1v) is 6.86. The van der Waals surface area contributed by atoms with Gasteiger partial charge in [0, 0.05) is 7.05 Å². The van der Waals surface area contributed by atoms with Gasteiger partial charge in [-0.15, -0.1) is 0 Å². The van der Waals surface area contributed by atoms with Crippen molar-refractivity contribution >= 4 is 0 Å². The van der Waals surface area contributed by atoms with E-state index in [0.717, 1.165) is 23.6 Å². The number of aryl methyl sites for hydroxylation is 1. The van der Waals surface area contributed by atoms with Crippen molar-refractivity contribution in [3.63, 3.8) is 0 Å². The van der Waals surface area contributed by atoms with Crippen molar-refractivity contribution < 1.29 is 0 Å². The Bertz CT molecular complexity index is 410. The van der Waals surface area contributed by atoms with Gasteiger partial charge in [0.15, 0.2) is 0 Å². The van der Waals surface area contributed by atoms with Crippen LogP contribution in [0.2, 0.25) is 0 Å². The molecule has 2 fully saturated rings. The monoisotopic (exact) mass is 233 g/mol. The summed E-state index contributed by atoms with van der Waals surface area (Å²) in [6.07, 6.45) is 7.87. The van der Waals surface area contributed by atoms with Crippen LogP contribution in [0.15, 0.2) is 6.20 Å². The van der Waals surface area contributed by atoms with E-state index in [1.807, 2.05) is 0 Å². The van der Waals surface area contributed by atoms with Gasteiger partial charge >= 0.3 is 0 Å². The van der Waals surface area contributed by atoms with Crippen molar-refractivity contribution in [1.82, 2.24) is 14.9 Å². The van der Waals surface area contributed by atoms with Crippen LogP contribution in [0.1, 0.15) is 43.2 Å². The number of hydrogen-bond donors (Lipinski definition) is 1. The van der Waals surface area contributed by atoms with E-state index < -0.39 is 0 Å². The molecule has 2 aliphatic rings. The van der Waals surface area contributed by atoms with Gasteiger partial charge in [0.05, 0.1) is 17.9 Å². The maximum Gasteiger partial charge on any atom is 0.105 e. The lowest BCUT2D eigenvalue weighted by Gasteiger charge is -2.30. The molecule has 0 aromatic carbocycles. The van der Waals surface area contributed by atoms with E-state index in [4.69, 9.17) is 0 Å². The van der Waals surface area contributed by atoms with Crippen molar-refractivity contribution in [2.45, 2.75) is 38.6 Å². The van der Waals surface area contributed by atoms with Gasteiger partial charge < -0.3 is 9.88 Å². The topological polar surface area (TPSA) is 29.9 Å². The lowest BCUT2D eigenvalue weighted by atomic mass is 9.82. The zero-order chi connectivity index (χ0) is 12.0. The van der Waals surface area contributed by atoms with Crippen LogP contribution in [-0.4, -0.2) is 16.6 Å². The van der Waals surface area contributed by atoms with E-state index in [9.17, 15) is 0 Å². The van der Waals surface area contributed by atoms with Gasteiger partial charge in [0.25, 0.3) is 0 Å². The average Bonchev–Trinajstić information content (AvgIpc) is 3.01. The predicted molar refractivity (Wildman–Crippen MR) is 68.7 cm³/mol. The van der Waals surface area contributed by atoms with E-state index in [-0.39, 0.29) is 0 Å². The third-order valence-corrected chi connectivity index (χ3v) is 5.11. The maximum absolute atomic E-state index is 4.44. The van der Waals surface area contributed by atoms with Crippen molar-refractivity contribution in [2.75, 3.05) is 7.05 Å².